The molecule has 0 unspecified atom stereocenters. The lowest BCUT2D eigenvalue weighted by molar-refractivity contribution is 0.338. The monoisotopic (exact) mass is 293 g/mol. The number of benzene rings is 1. The van der Waals surface area contributed by atoms with E-state index in [2.05, 4.69) is 15.9 Å². The molecule has 0 aliphatic carbocycles. The number of rotatable bonds is 4. The summed E-state index contributed by atoms with van der Waals surface area (Å²) in [5.74, 6) is 0.479. The summed E-state index contributed by atoms with van der Waals surface area (Å²) in [5, 5.41) is 4.85. The van der Waals surface area contributed by atoms with Crippen LogP contribution in [0.3, 0.4) is 0 Å². The largest absolute Gasteiger partial charge is 0.492 e. The zero-order valence-corrected chi connectivity index (χ0v) is 10.6. The van der Waals surface area contributed by atoms with Crippen LogP contribution < -0.4 is 9.88 Å². The summed E-state index contributed by atoms with van der Waals surface area (Å²) in [4.78, 5) is 0. The number of sulfonamides is 1. The number of aryl methyl sites for hydroxylation is 1. The van der Waals surface area contributed by atoms with Gasteiger partial charge in [-0.1, -0.05) is 22.0 Å². The fourth-order valence-corrected chi connectivity index (χ4v) is 1.65. The zero-order chi connectivity index (χ0) is 11.5. The lowest BCUT2D eigenvalue weighted by Gasteiger charge is -2.08. The Hall–Kier alpha value is -0.590. The highest BCUT2D eigenvalue weighted by atomic mass is 79.9. The van der Waals surface area contributed by atoms with Crippen LogP contribution in [0.2, 0.25) is 0 Å². The maximum absolute atomic E-state index is 10.7. The molecule has 0 aromatic heterocycles. The predicted octanol–water partition coefficient (Wildman–Crippen LogP) is 1.42. The lowest BCUT2D eigenvalue weighted by Crippen LogP contribution is -2.21. The van der Waals surface area contributed by atoms with E-state index in [4.69, 9.17) is 9.88 Å². The van der Waals surface area contributed by atoms with Gasteiger partial charge < -0.3 is 4.74 Å². The third-order valence-electron chi connectivity index (χ3n) is 1.78. The number of hydrogen-bond donors (Lipinski definition) is 1. The molecule has 0 spiro atoms. The standard InChI is InChI=1S/C9H12BrNO3S/c1-7-2-3-8(10)6-9(7)14-4-5-15(11,12)13/h2-3,6H,4-5H2,1H3,(H2,11,12,13). The van der Waals surface area contributed by atoms with E-state index in [1.807, 2.05) is 19.1 Å². The number of halogens is 1. The first-order chi connectivity index (χ1) is 6.88. The molecule has 4 nitrogen and oxygen atoms in total. The first-order valence-corrected chi connectivity index (χ1v) is 6.79. The molecule has 2 N–H and O–H groups in total. The molecule has 0 aliphatic rings. The van der Waals surface area contributed by atoms with Crippen molar-refractivity contribution >= 4 is 26.0 Å². The average molecular weight is 294 g/mol. The lowest BCUT2D eigenvalue weighted by atomic mass is 10.2. The number of primary sulfonamides is 1. The molecule has 0 amide bonds. The minimum Gasteiger partial charge on any atom is -0.492 e. The van der Waals surface area contributed by atoms with Crippen molar-refractivity contribution in [2.45, 2.75) is 6.92 Å². The molecule has 0 atom stereocenters. The molecule has 84 valence electrons. The van der Waals surface area contributed by atoms with E-state index in [0.717, 1.165) is 10.0 Å². The van der Waals surface area contributed by atoms with Crippen molar-refractivity contribution in [2.24, 2.45) is 5.14 Å². The fourth-order valence-electron chi connectivity index (χ4n) is 0.997. The molecule has 0 saturated heterocycles. The van der Waals surface area contributed by atoms with E-state index < -0.39 is 10.0 Å². The van der Waals surface area contributed by atoms with E-state index in [1.54, 1.807) is 6.07 Å². The Morgan fingerprint density at radius 1 is 1.47 bits per heavy atom. The van der Waals surface area contributed by atoms with Gasteiger partial charge in [0.15, 0.2) is 0 Å². The second-order valence-electron chi connectivity index (χ2n) is 3.13. The topological polar surface area (TPSA) is 69.4 Å². The number of hydrogen-bond acceptors (Lipinski definition) is 3. The van der Waals surface area contributed by atoms with Gasteiger partial charge in [-0.3, -0.25) is 0 Å². The fraction of sp³-hybridized carbons (Fsp3) is 0.333. The average Bonchev–Trinajstić information content (AvgIpc) is 2.09. The Kier molecular flexibility index (Phi) is 4.12. The molecule has 15 heavy (non-hydrogen) atoms. The van der Waals surface area contributed by atoms with Crippen LogP contribution in [-0.2, 0) is 10.0 Å². The van der Waals surface area contributed by atoms with Crippen LogP contribution in [0.5, 0.6) is 5.75 Å². The van der Waals surface area contributed by atoms with Crippen LogP contribution in [0.1, 0.15) is 5.56 Å². The quantitative estimate of drug-likeness (QED) is 0.913. The summed E-state index contributed by atoms with van der Waals surface area (Å²) in [6.45, 7) is 1.95. The van der Waals surface area contributed by atoms with Gasteiger partial charge in [-0.25, -0.2) is 13.6 Å². The van der Waals surface area contributed by atoms with E-state index in [-0.39, 0.29) is 12.4 Å². The van der Waals surface area contributed by atoms with Gasteiger partial charge in [-0.2, -0.15) is 0 Å². The van der Waals surface area contributed by atoms with Crippen LogP contribution in [0.15, 0.2) is 22.7 Å². The van der Waals surface area contributed by atoms with Gasteiger partial charge >= 0.3 is 0 Å². The number of ether oxygens (including phenoxy) is 1. The first kappa shape index (κ1) is 12.5. The summed E-state index contributed by atoms with van der Waals surface area (Å²) >= 11 is 3.30. The van der Waals surface area contributed by atoms with Crippen molar-refractivity contribution in [3.63, 3.8) is 0 Å². The van der Waals surface area contributed by atoms with Crippen molar-refractivity contribution in [3.05, 3.63) is 28.2 Å². The highest BCUT2D eigenvalue weighted by Gasteiger charge is 2.04. The van der Waals surface area contributed by atoms with Gasteiger partial charge in [-0.05, 0) is 24.6 Å². The molecule has 0 aliphatic heterocycles. The summed E-state index contributed by atoms with van der Waals surface area (Å²) < 4.78 is 27.5. The Balaban J connectivity index is 2.61. The Labute approximate surface area is 97.6 Å². The molecule has 6 heteroatoms. The summed E-state index contributed by atoms with van der Waals surface area (Å²) in [7, 11) is -3.45. The normalized spacial score (nSPS) is 11.4. The smallest absolute Gasteiger partial charge is 0.212 e. The third kappa shape index (κ3) is 4.63. The SMILES string of the molecule is Cc1ccc(Br)cc1OCCS(N)(=O)=O. The minimum absolute atomic E-state index is 0.0656. The molecule has 0 radical (unpaired) electrons. The van der Waals surface area contributed by atoms with Gasteiger partial charge in [-0.15, -0.1) is 0 Å². The molecule has 0 heterocycles. The summed E-state index contributed by atoms with van der Waals surface area (Å²) in [5.41, 5.74) is 0.951. The van der Waals surface area contributed by atoms with Gasteiger partial charge in [0.25, 0.3) is 0 Å². The van der Waals surface area contributed by atoms with E-state index >= 15 is 0 Å². The van der Waals surface area contributed by atoms with E-state index in [0.29, 0.717) is 5.75 Å². The van der Waals surface area contributed by atoms with Crippen molar-refractivity contribution in [3.8, 4) is 5.75 Å². The van der Waals surface area contributed by atoms with Gasteiger partial charge in [0.2, 0.25) is 10.0 Å². The molecular formula is C9H12BrNO3S. The van der Waals surface area contributed by atoms with Crippen LogP contribution in [0.4, 0.5) is 0 Å². The third-order valence-corrected chi connectivity index (χ3v) is 3.00. The van der Waals surface area contributed by atoms with Crippen LogP contribution in [0.25, 0.3) is 0 Å². The zero-order valence-electron chi connectivity index (χ0n) is 8.23. The molecular weight excluding hydrogens is 282 g/mol. The number of nitrogens with two attached hydrogens (primary N) is 1. The van der Waals surface area contributed by atoms with Gasteiger partial charge in [0, 0.05) is 4.47 Å². The second-order valence-corrected chi connectivity index (χ2v) is 5.77. The molecule has 1 aromatic carbocycles. The highest BCUT2D eigenvalue weighted by Crippen LogP contribution is 2.22. The minimum atomic E-state index is -3.45. The maximum atomic E-state index is 10.7. The Morgan fingerprint density at radius 2 is 2.13 bits per heavy atom. The van der Waals surface area contributed by atoms with Crippen LogP contribution >= 0.6 is 15.9 Å². The van der Waals surface area contributed by atoms with Crippen molar-refractivity contribution < 1.29 is 13.2 Å². The van der Waals surface area contributed by atoms with Gasteiger partial charge in [0.05, 0.1) is 5.75 Å². The van der Waals surface area contributed by atoms with Crippen molar-refractivity contribution in [2.75, 3.05) is 12.4 Å². The van der Waals surface area contributed by atoms with Crippen molar-refractivity contribution in [1.29, 1.82) is 0 Å². The predicted molar refractivity (Wildman–Crippen MR) is 62.3 cm³/mol. The molecule has 0 saturated carbocycles. The summed E-state index contributed by atoms with van der Waals surface area (Å²) in [6, 6.07) is 5.57. The summed E-state index contributed by atoms with van der Waals surface area (Å²) in [6.07, 6.45) is 0. The maximum Gasteiger partial charge on any atom is 0.212 e. The molecule has 0 bridgehead atoms. The van der Waals surface area contributed by atoms with Gasteiger partial charge in [0.1, 0.15) is 12.4 Å². The molecule has 0 fully saturated rings. The molecule has 1 rings (SSSR count). The van der Waals surface area contributed by atoms with E-state index in [1.165, 1.54) is 0 Å². The molecule has 1 aromatic rings. The van der Waals surface area contributed by atoms with Crippen LogP contribution in [-0.4, -0.2) is 20.8 Å². The Morgan fingerprint density at radius 3 is 2.73 bits per heavy atom. The second kappa shape index (κ2) is 4.96. The van der Waals surface area contributed by atoms with Crippen molar-refractivity contribution in [1.82, 2.24) is 0 Å². The van der Waals surface area contributed by atoms with E-state index in [9.17, 15) is 8.42 Å². The first-order valence-electron chi connectivity index (χ1n) is 4.28. The van der Waals surface area contributed by atoms with Crippen LogP contribution in [0, 0.1) is 6.92 Å². The Bertz CT molecular complexity index is 445. The highest BCUT2D eigenvalue weighted by molar-refractivity contribution is 9.10.